The number of hydrogen-bond donors (Lipinski definition) is 1. The maximum absolute atomic E-state index is 11.3. The van der Waals surface area contributed by atoms with Crippen molar-refractivity contribution in [1.82, 2.24) is 0 Å². The van der Waals surface area contributed by atoms with E-state index >= 15 is 0 Å². The van der Waals surface area contributed by atoms with Crippen LogP contribution in [0.25, 0.3) is 6.08 Å². The summed E-state index contributed by atoms with van der Waals surface area (Å²) in [6, 6.07) is 13.0. The Morgan fingerprint density at radius 2 is 1.84 bits per heavy atom. The first-order chi connectivity index (χ1) is 14.9. The normalized spacial score (nSPS) is 12.0. The van der Waals surface area contributed by atoms with E-state index in [2.05, 4.69) is 26.0 Å². The van der Waals surface area contributed by atoms with Crippen LogP contribution in [0.1, 0.15) is 44.2 Å². The number of nitrogens with two attached hydrogens (primary N) is 1. The third-order valence-corrected chi connectivity index (χ3v) is 4.97. The summed E-state index contributed by atoms with van der Waals surface area (Å²) in [6.07, 6.45) is 2.44. The fourth-order valence-electron chi connectivity index (χ4n) is 2.83. The number of rotatable bonds is 11. The number of hydrogen-bond acceptors (Lipinski definition) is 5. The summed E-state index contributed by atoms with van der Waals surface area (Å²) >= 11 is 6.36. The molecule has 0 fully saturated rings. The Morgan fingerprint density at radius 1 is 1.16 bits per heavy atom. The third-order valence-electron chi connectivity index (χ3n) is 4.69. The highest BCUT2D eigenvalue weighted by atomic mass is 35.5. The molecule has 0 aliphatic heterocycles. The van der Waals surface area contributed by atoms with Crippen molar-refractivity contribution < 1.29 is 19.0 Å². The molecule has 7 heteroatoms. The van der Waals surface area contributed by atoms with Crippen molar-refractivity contribution in [3.05, 3.63) is 58.1 Å². The van der Waals surface area contributed by atoms with Crippen molar-refractivity contribution >= 4 is 23.6 Å². The lowest BCUT2D eigenvalue weighted by Gasteiger charge is -2.15. The Morgan fingerprint density at radius 3 is 2.42 bits per heavy atom. The largest absolute Gasteiger partial charge is 0.490 e. The van der Waals surface area contributed by atoms with Gasteiger partial charge in [-0.2, -0.15) is 5.26 Å². The number of primary amides is 1. The van der Waals surface area contributed by atoms with E-state index in [1.807, 2.05) is 19.1 Å². The molecule has 2 N–H and O–H groups in total. The van der Waals surface area contributed by atoms with E-state index in [0.29, 0.717) is 36.2 Å². The molecule has 0 saturated heterocycles. The molecule has 2 rings (SSSR count). The predicted molar refractivity (Wildman–Crippen MR) is 122 cm³/mol. The summed E-state index contributed by atoms with van der Waals surface area (Å²) in [7, 11) is 0. The molecule has 164 valence electrons. The van der Waals surface area contributed by atoms with Gasteiger partial charge >= 0.3 is 0 Å². The minimum Gasteiger partial charge on any atom is -0.490 e. The maximum atomic E-state index is 11.3. The molecule has 0 radical (unpaired) electrons. The van der Waals surface area contributed by atoms with Crippen molar-refractivity contribution in [1.29, 1.82) is 5.26 Å². The molecule has 0 unspecified atom stereocenters. The summed E-state index contributed by atoms with van der Waals surface area (Å²) < 4.78 is 17.2. The molecule has 1 amide bonds. The summed E-state index contributed by atoms with van der Waals surface area (Å²) in [6.45, 7) is 7.16. The standard InChI is InChI=1S/C24H27ClN2O4/c1-4-16(3)18-6-8-20(9-7-18)30-10-11-31-23-21(25)13-17(14-22(23)29-5-2)12-19(15-26)24(27)28/h6-9,12-14,16H,4-5,10-11H2,1-3H3,(H2,27,28)/b19-12+/t16-/m0/s1. The molecule has 2 aromatic carbocycles. The monoisotopic (exact) mass is 442 g/mol. The van der Waals surface area contributed by atoms with E-state index in [9.17, 15) is 4.79 Å². The Hall–Kier alpha value is -3.17. The fraction of sp³-hybridized carbons (Fsp3) is 0.333. The molecule has 0 bridgehead atoms. The van der Waals surface area contributed by atoms with Crippen LogP contribution in [-0.4, -0.2) is 25.7 Å². The lowest BCUT2D eigenvalue weighted by molar-refractivity contribution is -0.114. The van der Waals surface area contributed by atoms with Gasteiger partial charge < -0.3 is 19.9 Å². The first kappa shape index (κ1) is 24.1. The van der Waals surface area contributed by atoms with Crippen molar-refractivity contribution in [2.75, 3.05) is 19.8 Å². The number of benzene rings is 2. The van der Waals surface area contributed by atoms with E-state index in [4.69, 9.17) is 36.8 Å². The van der Waals surface area contributed by atoms with Crippen LogP contribution in [0.3, 0.4) is 0 Å². The van der Waals surface area contributed by atoms with E-state index in [1.54, 1.807) is 18.2 Å². The second-order valence-electron chi connectivity index (χ2n) is 6.87. The van der Waals surface area contributed by atoms with Crippen molar-refractivity contribution in [3.63, 3.8) is 0 Å². The molecule has 1 atom stereocenters. The molecule has 0 heterocycles. The molecule has 0 spiro atoms. The Labute approximate surface area is 188 Å². The van der Waals surface area contributed by atoms with Gasteiger partial charge in [-0.1, -0.05) is 37.6 Å². The molecule has 31 heavy (non-hydrogen) atoms. The summed E-state index contributed by atoms with van der Waals surface area (Å²) in [4.78, 5) is 11.3. The van der Waals surface area contributed by atoms with Gasteiger partial charge in [0.2, 0.25) is 0 Å². The lowest BCUT2D eigenvalue weighted by atomic mass is 9.99. The maximum Gasteiger partial charge on any atom is 0.259 e. The SMILES string of the molecule is CCOc1cc(/C=C(\C#N)C(N)=O)cc(Cl)c1OCCOc1ccc([C@@H](C)CC)cc1. The van der Waals surface area contributed by atoms with Gasteiger partial charge in [0.1, 0.15) is 30.6 Å². The molecule has 0 saturated carbocycles. The molecule has 0 aromatic heterocycles. The van der Waals surface area contributed by atoms with Crippen LogP contribution >= 0.6 is 11.6 Å². The van der Waals surface area contributed by atoms with Gasteiger partial charge in [-0.25, -0.2) is 0 Å². The number of amides is 1. The summed E-state index contributed by atoms with van der Waals surface area (Å²) in [5.41, 5.74) is 6.80. The average Bonchev–Trinajstić information content (AvgIpc) is 2.76. The molecule has 6 nitrogen and oxygen atoms in total. The van der Waals surface area contributed by atoms with Crippen LogP contribution in [0.15, 0.2) is 42.0 Å². The highest BCUT2D eigenvalue weighted by molar-refractivity contribution is 6.32. The fourth-order valence-corrected chi connectivity index (χ4v) is 3.10. The first-order valence-corrected chi connectivity index (χ1v) is 10.5. The van der Waals surface area contributed by atoms with E-state index in [1.165, 1.54) is 11.6 Å². The van der Waals surface area contributed by atoms with Gasteiger partial charge in [0.05, 0.1) is 11.6 Å². The number of halogens is 1. The lowest BCUT2D eigenvalue weighted by Crippen LogP contribution is -2.12. The zero-order valence-electron chi connectivity index (χ0n) is 18.0. The Balaban J connectivity index is 2.05. The topological polar surface area (TPSA) is 94.6 Å². The quantitative estimate of drug-likeness (QED) is 0.296. The van der Waals surface area contributed by atoms with Crippen LogP contribution in [0.2, 0.25) is 5.02 Å². The van der Waals surface area contributed by atoms with Gasteiger partial charge in [0.25, 0.3) is 5.91 Å². The summed E-state index contributed by atoms with van der Waals surface area (Å²) in [5, 5.41) is 9.31. The Bertz CT molecular complexity index is 965. The summed E-state index contributed by atoms with van der Waals surface area (Å²) in [5.74, 6) is 1.24. The van der Waals surface area contributed by atoms with Gasteiger partial charge in [0.15, 0.2) is 11.5 Å². The molecular weight excluding hydrogens is 416 g/mol. The Kier molecular flexibility index (Phi) is 9.23. The van der Waals surface area contributed by atoms with Gasteiger partial charge in [-0.05, 0) is 60.7 Å². The molecule has 2 aromatic rings. The van der Waals surface area contributed by atoms with Crippen molar-refractivity contribution in [2.45, 2.75) is 33.1 Å². The van der Waals surface area contributed by atoms with Gasteiger partial charge in [0, 0.05) is 0 Å². The second-order valence-corrected chi connectivity index (χ2v) is 7.28. The zero-order chi connectivity index (χ0) is 22.8. The minimum atomic E-state index is -0.814. The highest BCUT2D eigenvalue weighted by Gasteiger charge is 2.14. The van der Waals surface area contributed by atoms with Gasteiger partial charge in [-0.3, -0.25) is 4.79 Å². The second kappa shape index (κ2) is 11.9. The van der Waals surface area contributed by atoms with Crippen LogP contribution in [0.5, 0.6) is 17.2 Å². The van der Waals surface area contributed by atoms with E-state index in [-0.39, 0.29) is 17.2 Å². The van der Waals surface area contributed by atoms with Crippen LogP contribution < -0.4 is 19.9 Å². The van der Waals surface area contributed by atoms with Crippen LogP contribution in [0, 0.1) is 11.3 Å². The number of ether oxygens (including phenoxy) is 3. The molecular formula is C24H27ClN2O4. The minimum absolute atomic E-state index is 0.181. The third kappa shape index (κ3) is 6.94. The smallest absolute Gasteiger partial charge is 0.259 e. The van der Waals surface area contributed by atoms with Crippen molar-refractivity contribution in [3.8, 4) is 23.3 Å². The number of carbonyl (C=O) groups is 1. The molecule has 0 aliphatic carbocycles. The number of nitrogens with zero attached hydrogens (tertiary/aromatic N) is 1. The first-order valence-electron chi connectivity index (χ1n) is 10.1. The highest BCUT2D eigenvalue weighted by Crippen LogP contribution is 2.37. The van der Waals surface area contributed by atoms with E-state index in [0.717, 1.165) is 12.2 Å². The zero-order valence-corrected chi connectivity index (χ0v) is 18.7. The number of nitriles is 1. The van der Waals surface area contributed by atoms with Gasteiger partial charge in [-0.15, -0.1) is 0 Å². The van der Waals surface area contributed by atoms with E-state index < -0.39 is 5.91 Å². The average molecular weight is 443 g/mol. The van der Waals surface area contributed by atoms with Crippen LogP contribution in [0.4, 0.5) is 0 Å². The predicted octanol–water partition coefficient (Wildman–Crippen LogP) is 5.10. The molecule has 0 aliphatic rings. The van der Waals surface area contributed by atoms with Crippen LogP contribution in [-0.2, 0) is 4.79 Å². The van der Waals surface area contributed by atoms with Crippen molar-refractivity contribution in [2.24, 2.45) is 5.73 Å². The number of carbonyl (C=O) groups excluding carboxylic acids is 1.